The summed E-state index contributed by atoms with van der Waals surface area (Å²) < 4.78 is 0. The highest BCUT2D eigenvalue weighted by Crippen LogP contribution is 2.23. The molecule has 0 spiro atoms. The van der Waals surface area contributed by atoms with E-state index in [1.165, 1.54) is 0 Å². The van der Waals surface area contributed by atoms with Gasteiger partial charge in [-0.3, -0.25) is 4.79 Å². The molecule has 1 saturated heterocycles. The maximum Gasteiger partial charge on any atom is 0.248 e. The lowest BCUT2D eigenvalue weighted by Crippen LogP contribution is -2.31. The number of carbonyl (C=O) groups is 1. The molecule has 12 heavy (non-hydrogen) atoms. The van der Waals surface area contributed by atoms with Gasteiger partial charge >= 0.3 is 0 Å². The molecule has 0 radical (unpaired) electrons. The van der Waals surface area contributed by atoms with Crippen LogP contribution >= 0.6 is 0 Å². The molecular weight excluding hydrogens is 154 g/mol. The van der Waals surface area contributed by atoms with Gasteiger partial charge in [-0.15, -0.1) is 0 Å². The molecule has 1 amide bonds. The van der Waals surface area contributed by atoms with Crippen molar-refractivity contribution < 1.29 is 9.90 Å². The van der Waals surface area contributed by atoms with Crippen LogP contribution in [0.3, 0.4) is 0 Å². The predicted octanol–water partition coefficient (Wildman–Crippen LogP) is 0.483. The monoisotopic (exact) mass is 171 g/mol. The standard InChI is InChI=1S/C9H17NO2/c1-7(2)8-3-4-10(5-8)9(12)6-11/h7-8,11H,3-6H2,1-2H3/t8-/m1/s1. The highest BCUT2D eigenvalue weighted by atomic mass is 16.3. The van der Waals surface area contributed by atoms with Gasteiger partial charge in [0.1, 0.15) is 6.61 Å². The van der Waals surface area contributed by atoms with Gasteiger partial charge in [0.15, 0.2) is 0 Å². The second kappa shape index (κ2) is 3.90. The van der Waals surface area contributed by atoms with E-state index in [4.69, 9.17) is 5.11 Å². The summed E-state index contributed by atoms with van der Waals surface area (Å²) in [5.41, 5.74) is 0. The van der Waals surface area contributed by atoms with Crippen molar-refractivity contribution in [3.63, 3.8) is 0 Å². The molecule has 3 heteroatoms. The molecule has 1 fully saturated rings. The Labute approximate surface area is 73.4 Å². The molecule has 0 unspecified atom stereocenters. The summed E-state index contributed by atoms with van der Waals surface area (Å²) in [5.74, 6) is 1.14. The molecular formula is C9H17NO2. The topological polar surface area (TPSA) is 40.5 Å². The van der Waals surface area contributed by atoms with Gasteiger partial charge in [-0.05, 0) is 18.3 Å². The largest absolute Gasteiger partial charge is 0.387 e. The molecule has 0 saturated carbocycles. The van der Waals surface area contributed by atoms with E-state index in [1.54, 1.807) is 4.90 Å². The van der Waals surface area contributed by atoms with Crippen molar-refractivity contribution in [2.45, 2.75) is 20.3 Å². The van der Waals surface area contributed by atoms with Crippen LogP contribution in [-0.4, -0.2) is 35.6 Å². The minimum absolute atomic E-state index is 0.127. The second-order valence-corrected chi connectivity index (χ2v) is 3.79. The van der Waals surface area contributed by atoms with Crippen LogP contribution in [0.15, 0.2) is 0 Å². The van der Waals surface area contributed by atoms with Crippen LogP contribution in [-0.2, 0) is 4.79 Å². The first-order valence-electron chi connectivity index (χ1n) is 4.53. The lowest BCUT2D eigenvalue weighted by Gasteiger charge is -2.16. The molecule has 1 aliphatic heterocycles. The Balaban J connectivity index is 2.40. The highest BCUT2D eigenvalue weighted by Gasteiger charge is 2.27. The second-order valence-electron chi connectivity index (χ2n) is 3.79. The Morgan fingerprint density at radius 1 is 1.67 bits per heavy atom. The zero-order valence-corrected chi connectivity index (χ0v) is 7.79. The Hall–Kier alpha value is -0.570. The Morgan fingerprint density at radius 2 is 2.33 bits per heavy atom. The number of amides is 1. The summed E-state index contributed by atoms with van der Waals surface area (Å²) in [6.07, 6.45) is 1.09. The summed E-state index contributed by atoms with van der Waals surface area (Å²) in [6, 6.07) is 0. The van der Waals surface area contributed by atoms with Gasteiger partial charge in [-0.25, -0.2) is 0 Å². The predicted molar refractivity (Wildman–Crippen MR) is 46.6 cm³/mol. The highest BCUT2D eigenvalue weighted by molar-refractivity contribution is 5.77. The Morgan fingerprint density at radius 3 is 2.75 bits per heavy atom. The Bertz CT molecular complexity index is 168. The zero-order valence-electron chi connectivity index (χ0n) is 7.79. The minimum atomic E-state index is -0.342. The van der Waals surface area contributed by atoms with Gasteiger partial charge in [0, 0.05) is 13.1 Å². The average molecular weight is 171 g/mol. The molecule has 0 bridgehead atoms. The van der Waals surface area contributed by atoms with Gasteiger partial charge < -0.3 is 10.0 Å². The first-order chi connectivity index (χ1) is 5.65. The molecule has 70 valence electrons. The fourth-order valence-electron chi connectivity index (χ4n) is 1.66. The van der Waals surface area contributed by atoms with Crippen LogP contribution in [0.4, 0.5) is 0 Å². The van der Waals surface area contributed by atoms with Crippen LogP contribution in [0, 0.1) is 11.8 Å². The maximum absolute atomic E-state index is 11.1. The summed E-state index contributed by atoms with van der Waals surface area (Å²) in [7, 11) is 0. The zero-order chi connectivity index (χ0) is 9.14. The third kappa shape index (κ3) is 1.97. The van der Waals surface area contributed by atoms with Crippen molar-refractivity contribution in [2.24, 2.45) is 11.8 Å². The third-order valence-electron chi connectivity index (χ3n) is 2.66. The lowest BCUT2D eigenvalue weighted by atomic mass is 9.95. The van der Waals surface area contributed by atoms with Crippen molar-refractivity contribution in [1.29, 1.82) is 0 Å². The van der Waals surface area contributed by atoms with Crippen LogP contribution < -0.4 is 0 Å². The van der Waals surface area contributed by atoms with Gasteiger partial charge in [-0.2, -0.15) is 0 Å². The minimum Gasteiger partial charge on any atom is -0.387 e. The van der Waals surface area contributed by atoms with Gasteiger partial charge in [0.05, 0.1) is 0 Å². The van der Waals surface area contributed by atoms with Gasteiger partial charge in [0.2, 0.25) is 5.91 Å². The van der Waals surface area contributed by atoms with E-state index in [9.17, 15) is 4.79 Å². The number of hydrogen-bond donors (Lipinski definition) is 1. The van der Waals surface area contributed by atoms with Crippen molar-refractivity contribution >= 4 is 5.91 Å². The summed E-state index contributed by atoms with van der Waals surface area (Å²) >= 11 is 0. The van der Waals surface area contributed by atoms with E-state index >= 15 is 0 Å². The number of nitrogens with zero attached hydrogens (tertiary/aromatic N) is 1. The molecule has 0 aliphatic carbocycles. The summed E-state index contributed by atoms with van der Waals surface area (Å²) in [4.78, 5) is 12.8. The molecule has 0 aromatic rings. The lowest BCUT2D eigenvalue weighted by molar-refractivity contribution is -0.133. The van der Waals surface area contributed by atoms with Crippen molar-refractivity contribution in [3.05, 3.63) is 0 Å². The summed E-state index contributed by atoms with van der Waals surface area (Å²) in [5, 5.41) is 8.63. The quantitative estimate of drug-likeness (QED) is 0.656. The first-order valence-corrected chi connectivity index (χ1v) is 4.53. The normalized spacial score (nSPS) is 23.7. The fourth-order valence-corrected chi connectivity index (χ4v) is 1.66. The molecule has 0 aromatic heterocycles. The smallest absolute Gasteiger partial charge is 0.248 e. The SMILES string of the molecule is CC(C)[C@@H]1CCN(C(=O)CO)C1. The average Bonchev–Trinajstić information content (AvgIpc) is 2.51. The Kier molecular flexibility index (Phi) is 3.09. The van der Waals surface area contributed by atoms with E-state index in [0.29, 0.717) is 11.8 Å². The molecule has 1 N–H and O–H groups in total. The van der Waals surface area contributed by atoms with Crippen LogP contribution in [0.25, 0.3) is 0 Å². The number of hydrogen-bond acceptors (Lipinski definition) is 2. The van der Waals surface area contributed by atoms with E-state index in [-0.39, 0.29) is 12.5 Å². The number of rotatable bonds is 2. The molecule has 1 rings (SSSR count). The van der Waals surface area contributed by atoms with Crippen LogP contribution in [0.1, 0.15) is 20.3 Å². The third-order valence-corrected chi connectivity index (χ3v) is 2.66. The van der Waals surface area contributed by atoms with Gasteiger partial charge in [0.25, 0.3) is 0 Å². The van der Waals surface area contributed by atoms with Crippen LogP contribution in [0.5, 0.6) is 0 Å². The number of likely N-dealkylation sites (tertiary alicyclic amines) is 1. The maximum atomic E-state index is 11.1. The molecule has 3 nitrogen and oxygen atoms in total. The fraction of sp³-hybridized carbons (Fsp3) is 0.889. The van der Waals surface area contributed by atoms with Gasteiger partial charge in [-0.1, -0.05) is 13.8 Å². The van der Waals surface area contributed by atoms with E-state index < -0.39 is 0 Å². The first kappa shape index (κ1) is 9.52. The van der Waals surface area contributed by atoms with E-state index in [2.05, 4.69) is 13.8 Å². The van der Waals surface area contributed by atoms with E-state index in [1.807, 2.05) is 0 Å². The van der Waals surface area contributed by atoms with Crippen molar-refractivity contribution in [3.8, 4) is 0 Å². The molecule has 1 aliphatic rings. The summed E-state index contributed by atoms with van der Waals surface area (Å²) in [6.45, 7) is 5.67. The van der Waals surface area contributed by atoms with Crippen molar-refractivity contribution in [1.82, 2.24) is 4.90 Å². The number of aliphatic hydroxyl groups is 1. The molecule has 1 heterocycles. The molecule has 0 aromatic carbocycles. The van der Waals surface area contributed by atoms with Crippen LogP contribution in [0.2, 0.25) is 0 Å². The van der Waals surface area contributed by atoms with E-state index in [0.717, 1.165) is 19.5 Å². The number of aliphatic hydroxyl groups excluding tert-OH is 1. The van der Waals surface area contributed by atoms with Crippen molar-refractivity contribution in [2.75, 3.05) is 19.7 Å². The molecule has 1 atom stereocenters. The number of carbonyl (C=O) groups excluding carboxylic acids is 1.